The second-order valence-electron chi connectivity index (χ2n) is 6.78. The number of rotatable bonds is 8. The number of benzene rings is 3. The molecule has 3 aromatic carbocycles. The molecule has 0 aromatic heterocycles. The normalized spacial score (nSPS) is 11.3. The summed E-state index contributed by atoms with van der Waals surface area (Å²) in [7, 11) is 1.50. The van der Waals surface area contributed by atoms with E-state index in [9.17, 15) is 9.59 Å². The van der Waals surface area contributed by atoms with Crippen LogP contribution in [-0.2, 0) is 22.6 Å². The van der Waals surface area contributed by atoms with Gasteiger partial charge in [0, 0.05) is 11.4 Å². The summed E-state index contributed by atoms with van der Waals surface area (Å²) in [5.41, 5.74) is 2.16. The van der Waals surface area contributed by atoms with Crippen molar-refractivity contribution in [1.29, 1.82) is 0 Å². The van der Waals surface area contributed by atoms with Gasteiger partial charge in [-0.1, -0.05) is 72.3 Å². The quantitative estimate of drug-likeness (QED) is 0.528. The molecule has 1 atom stereocenters. The molecule has 3 rings (SSSR count). The molecule has 160 valence electrons. The van der Waals surface area contributed by atoms with E-state index in [1.54, 1.807) is 18.2 Å². The first kappa shape index (κ1) is 22.2. The van der Waals surface area contributed by atoms with Gasteiger partial charge in [-0.05, 0) is 29.3 Å². The van der Waals surface area contributed by atoms with Crippen LogP contribution in [0.15, 0.2) is 78.9 Å². The van der Waals surface area contributed by atoms with Crippen molar-refractivity contribution in [2.75, 3.05) is 12.4 Å². The van der Waals surface area contributed by atoms with Crippen LogP contribution in [0.1, 0.15) is 11.1 Å². The molecule has 2 N–H and O–H groups in total. The van der Waals surface area contributed by atoms with Crippen LogP contribution in [0.5, 0.6) is 5.75 Å². The molecule has 0 radical (unpaired) electrons. The molecule has 0 aliphatic carbocycles. The number of hydrogen-bond acceptors (Lipinski definition) is 4. The fourth-order valence-electron chi connectivity index (χ4n) is 2.96. The first-order valence-corrected chi connectivity index (χ1v) is 10.1. The van der Waals surface area contributed by atoms with Gasteiger partial charge in [0.2, 0.25) is 5.91 Å². The second kappa shape index (κ2) is 11.0. The van der Waals surface area contributed by atoms with Gasteiger partial charge in [0.05, 0.1) is 12.8 Å². The summed E-state index contributed by atoms with van der Waals surface area (Å²) in [6, 6.07) is 22.8. The lowest BCUT2D eigenvalue weighted by Crippen LogP contribution is -2.45. The highest BCUT2D eigenvalue weighted by atomic mass is 35.5. The minimum atomic E-state index is -0.866. The standard InChI is InChI=1S/C24H23ClN2O4/c1-30-22-13-12-19(25)15-20(22)26-23(28)21(14-17-8-4-2-5-9-17)27-24(29)31-16-18-10-6-3-7-11-18/h2-13,15,21H,14,16H2,1H3,(H,26,28)(H,27,29)/t21-/m0/s1. The molecule has 7 heteroatoms. The highest BCUT2D eigenvalue weighted by molar-refractivity contribution is 6.31. The maximum Gasteiger partial charge on any atom is 0.408 e. The monoisotopic (exact) mass is 438 g/mol. The lowest BCUT2D eigenvalue weighted by molar-refractivity contribution is -0.118. The Kier molecular flexibility index (Phi) is 7.90. The van der Waals surface area contributed by atoms with Gasteiger partial charge in [-0.15, -0.1) is 0 Å². The number of carbonyl (C=O) groups excluding carboxylic acids is 2. The fourth-order valence-corrected chi connectivity index (χ4v) is 3.14. The number of ether oxygens (including phenoxy) is 2. The van der Waals surface area contributed by atoms with Gasteiger partial charge in [-0.3, -0.25) is 4.79 Å². The summed E-state index contributed by atoms with van der Waals surface area (Å²) in [4.78, 5) is 25.4. The van der Waals surface area contributed by atoms with Crippen LogP contribution in [0.2, 0.25) is 5.02 Å². The number of amides is 2. The van der Waals surface area contributed by atoms with Crippen LogP contribution < -0.4 is 15.4 Å². The summed E-state index contributed by atoms with van der Waals surface area (Å²) < 4.78 is 10.6. The van der Waals surface area contributed by atoms with Gasteiger partial charge in [-0.2, -0.15) is 0 Å². The van der Waals surface area contributed by atoms with Gasteiger partial charge >= 0.3 is 6.09 Å². The average Bonchev–Trinajstić information content (AvgIpc) is 2.79. The Balaban J connectivity index is 1.71. The molecule has 0 aliphatic rings. The molecule has 0 bridgehead atoms. The smallest absolute Gasteiger partial charge is 0.408 e. The summed E-state index contributed by atoms with van der Waals surface area (Å²) in [6.45, 7) is 0.106. The Morgan fingerprint density at radius 3 is 2.23 bits per heavy atom. The largest absolute Gasteiger partial charge is 0.495 e. The van der Waals surface area contributed by atoms with Crippen LogP contribution in [-0.4, -0.2) is 25.2 Å². The summed E-state index contributed by atoms with van der Waals surface area (Å²) in [5.74, 6) is 0.0453. The lowest BCUT2D eigenvalue weighted by atomic mass is 10.1. The molecule has 0 fully saturated rings. The third-order valence-electron chi connectivity index (χ3n) is 4.52. The third kappa shape index (κ3) is 6.76. The van der Waals surface area contributed by atoms with Crippen molar-refractivity contribution >= 4 is 29.3 Å². The average molecular weight is 439 g/mol. The third-order valence-corrected chi connectivity index (χ3v) is 4.76. The number of halogens is 1. The molecule has 0 aliphatic heterocycles. The highest BCUT2D eigenvalue weighted by Crippen LogP contribution is 2.27. The Morgan fingerprint density at radius 2 is 1.58 bits per heavy atom. The van der Waals surface area contributed by atoms with Crippen LogP contribution in [0.3, 0.4) is 0 Å². The summed E-state index contributed by atoms with van der Waals surface area (Å²) in [5, 5.41) is 5.89. The Hall–Kier alpha value is -3.51. The number of hydrogen-bond donors (Lipinski definition) is 2. The summed E-state index contributed by atoms with van der Waals surface area (Å²) >= 11 is 6.05. The number of nitrogens with one attached hydrogen (secondary N) is 2. The van der Waals surface area contributed by atoms with E-state index in [1.165, 1.54) is 7.11 Å². The molecular formula is C24H23ClN2O4. The van der Waals surface area contributed by atoms with E-state index in [0.29, 0.717) is 16.5 Å². The van der Waals surface area contributed by atoms with E-state index in [1.807, 2.05) is 60.7 Å². The molecule has 31 heavy (non-hydrogen) atoms. The second-order valence-corrected chi connectivity index (χ2v) is 7.22. The first-order chi connectivity index (χ1) is 15.0. The molecule has 2 amide bonds. The van der Waals surface area contributed by atoms with E-state index in [2.05, 4.69) is 10.6 Å². The first-order valence-electron chi connectivity index (χ1n) is 9.70. The van der Waals surface area contributed by atoms with Gasteiger partial charge in [0.1, 0.15) is 18.4 Å². The van der Waals surface area contributed by atoms with Crippen molar-refractivity contribution in [3.8, 4) is 5.75 Å². The summed E-state index contributed by atoms with van der Waals surface area (Å²) in [6.07, 6.45) is -0.395. The van der Waals surface area contributed by atoms with Gasteiger partial charge in [0.15, 0.2) is 0 Å². The zero-order valence-corrected chi connectivity index (χ0v) is 17.8. The Morgan fingerprint density at radius 1 is 0.935 bits per heavy atom. The van der Waals surface area contributed by atoms with Crippen molar-refractivity contribution in [2.45, 2.75) is 19.1 Å². The zero-order chi connectivity index (χ0) is 22.1. The molecule has 0 heterocycles. The number of methoxy groups -OCH3 is 1. The van der Waals surface area contributed by atoms with E-state index in [4.69, 9.17) is 21.1 Å². The number of anilines is 1. The predicted octanol–water partition coefficient (Wildman–Crippen LogP) is 4.82. The van der Waals surface area contributed by atoms with E-state index >= 15 is 0 Å². The molecular weight excluding hydrogens is 416 g/mol. The van der Waals surface area contributed by atoms with E-state index < -0.39 is 18.0 Å². The van der Waals surface area contributed by atoms with Crippen molar-refractivity contribution in [3.63, 3.8) is 0 Å². The van der Waals surface area contributed by atoms with Gasteiger partial charge < -0.3 is 20.1 Å². The van der Waals surface area contributed by atoms with Crippen molar-refractivity contribution in [1.82, 2.24) is 5.32 Å². The molecule has 0 saturated carbocycles. The minimum absolute atomic E-state index is 0.106. The topological polar surface area (TPSA) is 76.7 Å². The molecule has 0 unspecified atom stereocenters. The Bertz CT molecular complexity index is 1010. The van der Waals surface area contributed by atoms with E-state index in [-0.39, 0.29) is 13.0 Å². The van der Waals surface area contributed by atoms with Crippen molar-refractivity contribution < 1.29 is 19.1 Å². The van der Waals surface area contributed by atoms with E-state index in [0.717, 1.165) is 11.1 Å². The molecule has 3 aromatic rings. The molecule has 6 nitrogen and oxygen atoms in total. The maximum atomic E-state index is 13.0. The molecule has 0 spiro atoms. The zero-order valence-electron chi connectivity index (χ0n) is 17.0. The van der Waals surface area contributed by atoms with Crippen molar-refractivity contribution in [2.24, 2.45) is 0 Å². The lowest BCUT2D eigenvalue weighted by Gasteiger charge is -2.19. The number of alkyl carbamates (subject to hydrolysis) is 1. The van der Waals surface area contributed by atoms with Crippen molar-refractivity contribution in [3.05, 3.63) is 95.0 Å². The van der Waals surface area contributed by atoms with Crippen LogP contribution >= 0.6 is 11.6 Å². The fraction of sp³-hybridized carbons (Fsp3) is 0.167. The number of carbonyl (C=O) groups is 2. The highest BCUT2D eigenvalue weighted by Gasteiger charge is 2.23. The minimum Gasteiger partial charge on any atom is -0.495 e. The van der Waals surface area contributed by atoms with Crippen LogP contribution in [0.25, 0.3) is 0 Å². The Labute approximate surface area is 186 Å². The molecule has 0 saturated heterocycles. The van der Waals surface area contributed by atoms with Gasteiger partial charge in [-0.25, -0.2) is 4.79 Å². The van der Waals surface area contributed by atoms with Crippen LogP contribution in [0.4, 0.5) is 10.5 Å². The van der Waals surface area contributed by atoms with Crippen LogP contribution in [0, 0.1) is 0 Å². The van der Waals surface area contributed by atoms with Gasteiger partial charge in [0.25, 0.3) is 0 Å². The SMILES string of the molecule is COc1ccc(Cl)cc1NC(=O)[C@H](Cc1ccccc1)NC(=O)OCc1ccccc1. The maximum absolute atomic E-state index is 13.0. The predicted molar refractivity (Wildman–Crippen MR) is 120 cm³/mol.